The number of carbonyl (C=O) groups is 1. The van der Waals surface area contributed by atoms with Gasteiger partial charge in [0.15, 0.2) is 0 Å². The third kappa shape index (κ3) is 3.34. The highest BCUT2D eigenvalue weighted by molar-refractivity contribution is 5.83. The zero-order chi connectivity index (χ0) is 16.4. The van der Waals surface area contributed by atoms with Gasteiger partial charge in [0.1, 0.15) is 0 Å². The average molecular weight is 321 g/mol. The van der Waals surface area contributed by atoms with Crippen molar-refractivity contribution in [2.75, 3.05) is 26.2 Å². The summed E-state index contributed by atoms with van der Waals surface area (Å²) < 4.78 is 0. The van der Waals surface area contributed by atoms with E-state index in [1.54, 1.807) is 0 Å². The Morgan fingerprint density at radius 1 is 1.00 bits per heavy atom. The van der Waals surface area contributed by atoms with Crippen LogP contribution < -0.4 is 0 Å². The summed E-state index contributed by atoms with van der Waals surface area (Å²) in [6.07, 6.45) is 2.85. The van der Waals surface area contributed by atoms with E-state index in [9.17, 15) is 4.79 Å². The minimum atomic E-state index is 0.203. The molecule has 0 spiro atoms. The van der Waals surface area contributed by atoms with E-state index in [2.05, 4.69) is 45.1 Å². The first-order chi connectivity index (χ1) is 11.8. The summed E-state index contributed by atoms with van der Waals surface area (Å²) >= 11 is 0. The van der Waals surface area contributed by atoms with E-state index in [1.165, 1.54) is 5.56 Å². The molecule has 0 N–H and O–H groups in total. The van der Waals surface area contributed by atoms with Crippen molar-refractivity contribution >= 4 is 5.91 Å². The van der Waals surface area contributed by atoms with Crippen LogP contribution in [0.5, 0.6) is 0 Å². The molecule has 2 heterocycles. The average Bonchev–Trinajstić information content (AvgIpc) is 3.44. The number of amides is 1. The van der Waals surface area contributed by atoms with Gasteiger partial charge in [-0.3, -0.25) is 14.7 Å². The number of carbonyl (C=O) groups excluding carboxylic acids is 1. The lowest BCUT2D eigenvalue weighted by atomic mass is 10.1. The van der Waals surface area contributed by atoms with Crippen LogP contribution in [-0.4, -0.2) is 46.9 Å². The van der Waals surface area contributed by atoms with Crippen molar-refractivity contribution in [2.24, 2.45) is 5.92 Å². The van der Waals surface area contributed by atoms with Crippen molar-refractivity contribution in [3.63, 3.8) is 0 Å². The minimum Gasteiger partial charge on any atom is -0.340 e. The second kappa shape index (κ2) is 6.73. The number of hydrogen-bond donors (Lipinski definition) is 0. The summed E-state index contributed by atoms with van der Waals surface area (Å²) in [4.78, 5) is 21.5. The van der Waals surface area contributed by atoms with Crippen LogP contribution in [0.25, 0.3) is 0 Å². The van der Waals surface area contributed by atoms with Gasteiger partial charge in [0, 0.05) is 44.8 Å². The third-order valence-corrected chi connectivity index (χ3v) is 5.13. The number of piperazine rings is 1. The zero-order valence-electron chi connectivity index (χ0n) is 13.8. The third-order valence-electron chi connectivity index (χ3n) is 5.13. The zero-order valence-corrected chi connectivity index (χ0v) is 13.8. The van der Waals surface area contributed by atoms with Crippen LogP contribution >= 0.6 is 0 Å². The molecule has 1 aromatic carbocycles. The van der Waals surface area contributed by atoms with E-state index < -0.39 is 0 Å². The van der Waals surface area contributed by atoms with Crippen molar-refractivity contribution in [3.05, 3.63) is 66.0 Å². The van der Waals surface area contributed by atoms with Crippen LogP contribution in [0.1, 0.15) is 23.6 Å². The van der Waals surface area contributed by atoms with Gasteiger partial charge in [0.2, 0.25) is 5.91 Å². The first-order valence-corrected chi connectivity index (χ1v) is 8.77. The van der Waals surface area contributed by atoms with E-state index in [4.69, 9.17) is 0 Å². The van der Waals surface area contributed by atoms with E-state index in [0.29, 0.717) is 11.8 Å². The molecule has 1 aromatic heterocycles. The smallest absolute Gasteiger partial charge is 0.226 e. The molecule has 2 fully saturated rings. The van der Waals surface area contributed by atoms with E-state index >= 15 is 0 Å². The molecule has 4 heteroatoms. The normalized spacial score (nSPS) is 23.9. The summed E-state index contributed by atoms with van der Waals surface area (Å²) in [5.41, 5.74) is 2.41. The molecule has 2 aliphatic rings. The van der Waals surface area contributed by atoms with Gasteiger partial charge in [0.05, 0.1) is 5.69 Å². The molecular formula is C20H23N3O. The van der Waals surface area contributed by atoms with Crippen LogP contribution in [0.3, 0.4) is 0 Å². The molecule has 2 unspecified atom stereocenters. The van der Waals surface area contributed by atoms with Gasteiger partial charge in [-0.15, -0.1) is 0 Å². The van der Waals surface area contributed by atoms with Crippen molar-refractivity contribution in [1.82, 2.24) is 14.8 Å². The molecule has 2 atom stereocenters. The molecule has 0 bridgehead atoms. The van der Waals surface area contributed by atoms with Crippen molar-refractivity contribution in [1.29, 1.82) is 0 Å². The van der Waals surface area contributed by atoms with Crippen molar-refractivity contribution in [3.8, 4) is 0 Å². The SMILES string of the molecule is O=C(C1CC1c1ccccc1)N1CCN(Cc2ccccn2)CC1. The Bertz CT molecular complexity index is 681. The summed E-state index contributed by atoms with van der Waals surface area (Å²) in [7, 11) is 0. The lowest BCUT2D eigenvalue weighted by Gasteiger charge is -2.34. The number of benzene rings is 1. The Morgan fingerprint density at radius 3 is 2.46 bits per heavy atom. The van der Waals surface area contributed by atoms with Gasteiger partial charge in [-0.25, -0.2) is 0 Å². The molecule has 2 aromatic rings. The highest BCUT2D eigenvalue weighted by Gasteiger charge is 2.45. The number of pyridine rings is 1. The summed E-state index contributed by atoms with van der Waals surface area (Å²) in [6, 6.07) is 16.5. The summed E-state index contributed by atoms with van der Waals surface area (Å²) in [5.74, 6) is 0.987. The predicted molar refractivity (Wildman–Crippen MR) is 93.4 cm³/mol. The van der Waals surface area contributed by atoms with Crippen LogP contribution in [0, 0.1) is 5.92 Å². The molecule has 1 saturated heterocycles. The summed E-state index contributed by atoms with van der Waals surface area (Å²) in [6.45, 7) is 4.42. The van der Waals surface area contributed by atoms with Gasteiger partial charge in [-0.05, 0) is 30.0 Å². The fourth-order valence-corrected chi connectivity index (χ4v) is 3.62. The van der Waals surface area contributed by atoms with Crippen molar-refractivity contribution < 1.29 is 4.79 Å². The highest BCUT2D eigenvalue weighted by atomic mass is 16.2. The van der Waals surface area contributed by atoms with Gasteiger partial charge in [0.25, 0.3) is 0 Å². The quantitative estimate of drug-likeness (QED) is 0.868. The molecule has 4 nitrogen and oxygen atoms in total. The molecule has 124 valence electrons. The molecule has 1 saturated carbocycles. The Balaban J connectivity index is 1.28. The standard InChI is InChI=1S/C20H23N3O/c24-20(19-14-18(19)16-6-2-1-3-7-16)23-12-10-22(11-13-23)15-17-8-4-5-9-21-17/h1-9,18-19H,10-15H2. The Morgan fingerprint density at radius 2 is 1.75 bits per heavy atom. The molecule has 1 aliphatic carbocycles. The van der Waals surface area contributed by atoms with Gasteiger partial charge in [-0.2, -0.15) is 0 Å². The lowest BCUT2D eigenvalue weighted by Crippen LogP contribution is -2.48. The summed E-state index contributed by atoms with van der Waals surface area (Å²) in [5, 5.41) is 0. The monoisotopic (exact) mass is 321 g/mol. The molecule has 1 amide bonds. The van der Waals surface area contributed by atoms with Gasteiger partial charge >= 0.3 is 0 Å². The van der Waals surface area contributed by atoms with E-state index in [1.807, 2.05) is 24.4 Å². The Hall–Kier alpha value is -2.20. The lowest BCUT2D eigenvalue weighted by molar-refractivity contribution is -0.134. The number of nitrogens with zero attached hydrogens (tertiary/aromatic N) is 3. The first kappa shape index (κ1) is 15.3. The number of rotatable bonds is 4. The fraction of sp³-hybridized carbons (Fsp3) is 0.400. The maximum atomic E-state index is 12.7. The molecule has 1 aliphatic heterocycles. The van der Waals surface area contributed by atoms with Gasteiger partial charge < -0.3 is 4.90 Å². The maximum Gasteiger partial charge on any atom is 0.226 e. The van der Waals surface area contributed by atoms with Crippen molar-refractivity contribution in [2.45, 2.75) is 18.9 Å². The highest BCUT2D eigenvalue weighted by Crippen LogP contribution is 2.48. The second-order valence-corrected chi connectivity index (χ2v) is 6.78. The minimum absolute atomic E-state index is 0.203. The van der Waals surface area contributed by atoms with Crippen LogP contribution in [0.15, 0.2) is 54.7 Å². The number of aromatic nitrogens is 1. The first-order valence-electron chi connectivity index (χ1n) is 8.77. The topological polar surface area (TPSA) is 36.4 Å². The largest absolute Gasteiger partial charge is 0.340 e. The Kier molecular flexibility index (Phi) is 4.30. The van der Waals surface area contributed by atoms with E-state index in [0.717, 1.165) is 44.8 Å². The van der Waals surface area contributed by atoms with Crippen LogP contribution in [0.4, 0.5) is 0 Å². The molecular weight excluding hydrogens is 298 g/mol. The van der Waals surface area contributed by atoms with Gasteiger partial charge in [-0.1, -0.05) is 36.4 Å². The van der Waals surface area contributed by atoms with E-state index in [-0.39, 0.29) is 5.92 Å². The number of hydrogen-bond acceptors (Lipinski definition) is 3. The molecule has 0 radical (unpaired) electrons. The second-order valence-electron chi connectivity index (χ2n) is 6.78. The predicted octanol–water partition coefficient (Wildman–Crippen LogP) is 2.53. The Labute approximate surface area is 143 Å². The van der Waals surface area contributed by atoms with Crippen LogP contribution in [-0.2, 0) is 11.3 Å². The fourth-order valence-electron chi connectivity index (χ4n) is 3.62. The van der Waals surface area contributed by atoms with Crippen LogP contribution in [0.2, 0.25) is 0 Å². The maximum absolute atomic E-state index is 12.7. The molecule has 4 rings (SSSR count). The molecule has 24 heavy (non-hydrogen) atoms.